The molecule has 1 aromatic rings. The summed E-state index contributed by atoms with van der Waals surface area (Å²) in [5.74, 6) is 1.85. The summed E-state index contributed by atoms with van der Waals surface area (Å²) in [6.45, 7) is 11.2. The number of aryl methyl sites for hydroxylation is 1. The van der Waals surface area contributed by atoms with Gasteiger partial charge in [-0.1, -0.05) is 20.8 Å². The van der Waals surface area contributed by atoms with E-state index in [1.54, 1.807) is 0 Å². The van der Waals surface area contributed by atoms with Crippen molar-refractivity contribution in [3.63, 3.8) is 0 Å². The van der Waals surface area contributed by atoms with E-state index in [0.29, 0.717) is 5.41 Å². The Morgan fingerprint density at radius 2 is 1.94 bits per heavy atom. The predicted octanol–water partition coefficient (Wildman–Crippen LogP) is 2.66. The van der Waals surface area contributed by atoms with Crippen molar-refractivity contribution in [1.82, 2.24) is 10.2 Å². The van der Waals surface area contributed by atoms with Crippen molar-refractivity contribution < 1.29 is 0 Å². The second kappa shape index (κ2) is 4.04. The summed E-state index contributed by atoms with van der Waals surface area (Å²) in [6.07, 6.45) is 1.29. The molecule has 0 saturated carbocycles. The average Bonchev–Trinajstić information content (AvgIpc) is 2.11. The van der Waals surface area contributed by atoms with E-state index in [9.17, 15) is 0 Å². The Balaban J connectivity index is 1.86. The van der Waals surface area contributed by atoms with Crippen LogP contribution in [0.2, 0.25) is 0 Å². The minimum absolute atomic E-state index is 0.440. The van der Waals surface area contributed by atoms with E-state index in [2.05, 4.69) is 41.9 Å². The Morgan fingerprint density at radius 3 is 2.44 bits per heavy atom. The molecule has 2 rings (SSSR count). The number of nitrogens with zero attached hydrogens (tertiary/aromatic N) is 3. The van der Waals surface area contributed by atoms with Crippen molar-refractivity contribution in [2.45, 2.75) is 34.1 Å². The van der Waals surface area contributed by atoms with Gasteiger partial charge in [0.25, 0.3) is 0 Å². The highest BCUT2D eigenvalue weighted by Gasteiger charge is 2.31. The Kier molecular flexibility index (Phi) is 2.87. The number of aromatic nitrogens is 2. The van der Waals surface area contributed by atoms with Gasteiger partial charge in [0.1, 0.15) is 0 Å². The van der Waals surface area contributed by atoms with E-state index < -0.39 is 0 Å². The molecule has 0 unspecified atom stereocenters. The number of hydrogen-bond acceptors (Lipinski definition) is 3. The van der Waals surface area contributed by atoms with Crippen LogP contribution in [0.15, 0.2) is 12.1 Å². The molecule has 3 nitrogen and oxygen atoms in total. The first kappa shape index (κ1) is 11.4. The first-order valence-electron chi connectivity index (χ1n) is 5.99. The second-order valence-corrected chi connectivity index (χ2v) is 6.07. The normalized spacial score (nSPS) is 17.4. The van der Waals surface area contributed by atoms with Gasteiger partial charge in [0.05, 0.1) is 5.69 Å². The smallest absolute Gasteiger partial charge is 0.151 e. The maximum Gasteiger partial charge on any atom is 0.151 e. The highest BCUT2D eigenvalue weighted by atomic mass is 15.3. The molecule has 0 aromatic carbocycles. The second-order valence-electron chi connectivity index (χ2n) is 6.07. The summed E-state index contributed by atoms with van der Waals surface area (Å²) in [4.78, 5) is 2.31. The number of hydrogen-bond donors (Lipinski definition) is 0. The average molecular weight is 219 g/mol. The van der Waals surface area contributed by atoms with Gasteiger partial charge in [0.2, 0.25) is 0 Å². The third-order valence-corrected chi connectivity index (χ3v) is 2.97. The maximum atomic E-state index is 4.21. The van der Waals surface area contributed by atoms with Crippen LogP contribution in [0.3, 0.4) is 0 Å². The molecule has 0 spiro atoms. The molecule has 88 valence electrons. The molecule has 2 heterocycles. The minimum atomic E-state index is 0.440. The molecule has 3 heteroatoms. The van der Waals surface area contributed by atoms with Crippen LogP contribution in [0.25, 0.3) is 0 Å². The molecule has 16 heavy (non-hydrogen) atoms. The fraction of sp³-hybridized carbons (Fsp3) is 0.692. The lowest BCUT2D eigenvalue weighted by Gasteiger charge is -2.42. The fourth-order valence-corrected chi connectivity index (χ4v) is 2.31. The van der Waals surface area contributed by atoms with Gasteiger partial charge < -0.3 is 4.90 Å². The van der Waals surface area contributed by atoms with Crippen LogP contribution < -0.4 is 4.90 Å². The standard InChI is InChI=1S/C13H21N3/c1-10-5-6-12(15-14-10)16-8-11(9-16)7-13(2,3)4/h5-6,11H,7-9H2,1-4H3. The molecule has 0 N–H and O–H groups in total. The van der Waals surface area contributed by atoms with Gasteiger partial charge in [0, 0.05) is 13.1 Å². The number of anilines is 1. The summed E-state index contributed by atoms with van der Waals surface area (Å²) in [5, 5.41) is 8.30. The molecule has 1 aliphatic rings. The summed E-state index contributed by atoms with van der Waals surface area (Å²) in [6, 6.07) is 4.09. The third-order valence-electron chi connectivity index (χ3n) is 2.97. The zero-order valence-electron chi connectivity index (χ0n) is 10.7. The van der Waals surface area contributed by atoms with E-state index in [4.69, 9.17) is 0 Å². The highest BCUT2D eigenvalue weighted by molar-refractivity contribution is 5.40. The molecular weight excluding hydrogens is 198 g/mol. The van der Waals surface area contributed by atoms with Crippen LogP contribution >= 0.6 is 0 Å². The van der Waals surface area contributed by atoms with Crippen molar-refractivity contribution >= 4 is 5.82 Å². The molecule has 0 amide bonds. The van der Waals surface area contributed by atoms with E-state index in [1.165, 1.54) is 6.42 Å². The van der Waals surface area contributed by atoms with Crippen molar-refractivity contribution in [1.29, 1.82) is 0 Å². The maximum absolute atomic E-state index is 4.21. The predicted molar refractivity (Wildman–Crippen MR) is 66.5 cm³/mol. The van der Waals surface area contributed by atoms with Crippen molar-refractivity contribution in [3.05, 3.63) is 17.8 Å². The molecule has 0 bridgehead atoms. The lowest BCUT2D eigenvalue weighted by atomic mass is 9.81. The fourth-order valence-electron chi connectivity index (χ4n) is 2.31. The van der Waals surface area contributed by atoms with E-state index in [-0.39, 0.29) is 0 Å². The van der Waals surface area contributed by atoms with Crippen LogP contribution in [-0.4, -0.2) is 23.3 Å². The molecule has 0 radical (unpaired) electrons. The summed E-state index contributed by atoms with van der Waals surface area (Å²) in [5.41, 5.74) is 1.42. The van der Waals surface area contributed by atoms with Crippen molar-refractivity contribution in [2.24, 2.45) is 11.3 Å². The summed E-state index contributed by atoms with van der Waals surface area (Å²) in [7, 11) is 0. The zero-order chi connectivity index (χ0) is 11.8. The summed E-state index contributed by atoms with van der Waals surface area (Å²) < 4.78 is 0. The van der Waals surface area contributed by atoms with Gasteiger partial charge in [-0.3, -0.25) is 0 Å². The van der Waals surface area contributed by atoms with Gasteiger partial charge in [-0.25, -0.2) is 0 Å². The van der Waals surface area contributed by atoms with E-state index in [0.717, 1.165) is 30.5 Å². The van der Waals surface area contributed by atoms with E-state index in [1.807, 2.05) is 13.0 Å². The molecular formula is C13H21N3. The van der Waals surface area contributed by atoms with Crippen LogP contribution in [0.5, 0.6) is 0 Å². The van der Waals surface area contributed by atoms with Crippen LogP contribution in [0, 0.1) is 18.3 Å². The van der Waals surface area contributed by atoms with Crippen molar-refractivity contribution in [2.75, 3.05) is 18.0 Å². The van der Waals surface area contributed by atoms with Crippen LogP contribution in [0.1, 0.15) is 32.9 Å². The Bertz CT molecular complexity index is 344. The highest BCUT2D eigenvalue weighted by Crippen LogP contribution is 2.32. The van der Waals surface area contributed by atoms with Gasteiger partial charge >= 0.3 is 0 Å². The molecule has 1 aliphatic heterocycles. The van der Waals surface area contributed by atoms with E-state index >= 15 is 0 Å². The molecule has 0 aliphatic carbocycles. The van der Waals surface area contributed by atoms with Gasteiger partial charge in [-0.2, -0.15) is 5.10 Å². The SMILES string of the molecule is Cc1ccc(N2CC(CC(C)(C)C)C2)nn1. The zero-order valence-corrected chi connectivity index (χ0v) is 10.7. The van der Waals surface area contributed by atoms with Gasteiger partial charge in [0.15, 0.2) is 5.82 Å². The largest absolute Gasteiger partial charge is 0.354 e. The van der Waals surface area contributed by atoms with Crippen LogP contribution in [0.4, 0.5) is 5.82 Å². The first-order valence-corrected chi connectivity index (χ1v) is 5.99. The molecule has 0 atom stereocenters. The van der Waals surface area contributed by atoms with Gasteiger partial charge in [-0.15, -0.1) is 5.10 Å². The van der Waals surface area contributed by atoms with Crippen LogP contribution in [-0.2, 0) is 0 Å². The van der Waals surface area contributed by atoms with Crippen molar-refractivity contribution in [3.8, 4) is 0 Å². The monoisotopic (exact) mass is 219 g/mol. The molecule has 1 aromatic heterocycles. The molecule has 1 fully saturated rings. The third kappa shape index (κ3) is 2.71. The quantitative estimate of drug-likeness (QED) is 0.765. The lowest BCUT2D eigenvalue weighted by Crippen LogP contribution is -2.48. The topological polar surface area (TPSA) is 29.0 Å². The minimum Gasteiger partial charge on any atom is -0.354 e. The Labute approximate surface area is 97.9 Å². The lowest BCUT2D eigenvalue weighted by molar-refractivity contribution is 0.255. The van der Waals surface area contributed by atoms with Gasteiger partial charge in [-0.05, 0) is 36.8 Å². The molecule has 1 saturated heterocycles. The Hall–Kier alpha value is -1.12. The first-order chi connectivity index (χ1) is 7.44. The Morgan fingerprint density at radius 1 is 1.25 bits per heavy atom. The number of rotatable bonds is 2. The summed E-state index contributed by atoms with van der Waals surface area (Å²) >= 11 is 0.